The summed E-state index contributed by atoms with van der Waals surface area (Å²) in [5, 5.41) is 0.746. The highest BCUT2D eigenvalue weighted by molar-refractivity contribution is 6.30. The number of hydrogen-bond donors (Lipinski definition) is 0. The second-order valence-electron chi connectivity index (χ2n) is 4.85. The zero-order chi connectivity index (χ0) is 12.4. The number of nitrogens with zero attached hydrogens (tertiary/aromatic N) is 2. The van der Waals surface area contributed by atoms with Gasteiger partial charge in [-0.2, -0.15) is 0 Å². The van der Waals surface area contributed by atoms with Crippen LogP contribution < -0.4 is 0 Å². The van der Waals surface area contributed by atoms with Gasteiger partial charge in [-0.05, 0) is 12.1 Å². The van der Waals surface area contributed by atoms with Crippen molar-refractivity contribution in [3.8, 4) is 0 Å². The third-order valence-electron chi connectivity index (χ3n) is 3.60. The monoisotopic (exact) mass is 268 g/mol. The first-order valence-corrected chi connectivity index (χ1v) is 6.74. The number of likely N-dealkylation sites (tertiary alicyclic amines) is 1. The predicted molar refractivity (Wildman–Crippen MR) is 68.4 cm³/mol. The Morgan fingerprint density at radius 3 is 2.67 bits per heavy atom. The molecule has 2 aliphatic rings. The molecular weight excluding hydrogens is 252 g/mol. The number of halogens is 1. The van der Waals surface area contributed by atoms with Crippen LogP contribution >= 0.6 is 11.6 Å². The molecule has 1 aromatic heterocycles. The molecule has 3 heterocycles. The molecular formula is C13H17ClN2O2. The van der Waals surface area contributed by atoms with Gasteiger partial charge in [-0.15, -0.1) is 0 Å². The van der Waals surface area contributed by atoms with Crippen molar-refractivity contribution >= 4 is 11.6 Å². The first kappa shape index (κ1) is 12.4. The molecule has 18 heavy (non-hydrogen) atoms. The zero-order valence-corrected chi connectivity index (χ0v) is 11.0. The molecule has 1 aromatic rings. The first-order chi connectivity index (χ1) is 8.76. The topological polar surface area (TPSA) is 34.6 Å². The lowest BCUT2D eigenvalue weighted by Crippen LogP contribution is -2.44. The number of ether oxygens (including phenoxy) is 2. The summed E-state index contributed by atoms with van der Waals surface area (Å²) in [4.78, 5) is 6.70. The van der Waals surface area contributed by atoms with Gasteiger partial charge < -0.3 is 9.47 Å². The molecule has 1 spiro atoms. The van der Waals surface area contributed by atoms with Gasteiger partial charge in [0.2, 0.25) is 0 Å². The number of pyridine rings is 1. The molecule has 2 aliphatic heterocycles. The van der Waals surface area contributed by atoms with Crippen LogP contribution in [-0.4, -0.2) is 42.0 Å². The van der Waals surface area contributed by atoms with Gasteiger partial charge in [-0.3, -0.25) is 9.88 Å². The van der Waals surface area contributed by atoms with E-state index in [4.69, 9.17) is 21.1 Å². The highest BCUT2D eigenvalue weighted by Gasteiger charge is 2.39. The van der Waals surface area contributed by atoms with E-state index >= 15 is 0 Å². The summed E-state index contributed by atoms with van der Waals surface area (Å²) in [7, 11) is 0. The highest BCUT2D eigenvalue weighted by atomic mass is 35.5. The van der Waals surface area contributed by atoms with Crippen LogP contribution in [-0.2, 0) is 16.0 Å². The molecule has 0 amide bonds. The van der Waals surface area contributed by atoms with E-state index in [2.05, 4.69) is 9.88 Å². The molecule has 0 aromatic carbocycles. The molecule has 3 rings (SSSR count). The van der Waals surface area contributed by atoms with Crippen molar-refractivity contribution in [2.45, 2.75) is 25.2 Å². The van der Waals surface area contributed by atoms with Crippen LogP contribution in [0, 0.1) is 0 Å². The highest BCUT2D eigenvalue weighted by Crippen LogP contribution is 2.31. The Morgan fingerprint density at radius 2 is 2.00 bits per heavy atom. The number of aromatic nitrogens is 1. The molecule has 0 radical (unpaired) electrons. The fourth-order valence-corrected chi connectivity index (χ4v) is 2.78. The van der Waals surface area contributed by atoms with Crippen LogP contribution in [0.2, 0.25) is 5.02 Å². The number of rotatable bonds is 2. The minimum absolute atomic E-state index is 0.293. The van der Waals surface area contributed by atoms with E-state index in [1.807, 2.05) is 6.07 Å². The standard InChI is InChI=1S/C13H17ClN2O2/c14-11-1-4-15-12(9-11)10-16-5-2-13(3-6-16)17-7-8-18-13/h1,4,9H,2-3,5-8,10H2. The first-order valence-electron chi connectivity index (χ1n) is 6.37. The van der Waals surface area contributed by atoms with Crippen LogP contribution in [0.1, 0.15) is 18.5 Å². The number of piperidine rings is 1. The van der Waals surface area contributed by atoms with Gasteiger partial charge in [0.25, 0.3) is 0 Å². The van der Waals surface area contributed by atoms with Crippen molar-refractivity contribution in [3.05, 3.63) is 29.0 Å². The lowest BCUT2D eigenvalue weighted by Gasteiger charge is -2.37. The van der Waals surface area contributed by atoms with E-state index in [9.17, 15) is 0 Å². The van der Waals surface area contributed by atoms with E-state index in [0.717, 1.165) is 56.4 Å². The summed E-state index contributed by atoms with van der Waals surface area (Å²) in [6.07, 6.45) is 3.63. The summed E-state index contributed by atoms with van der Waals surface area (Å²) >= 11 is 5.96. The Labute approximate surface area is 112 Å². The Hall–Kier alpha value is -0.680. The summed E-state index contributed by atoms with van der Waals surface area (Å²) in [5.74, 6) is -0.293. The van der Waals surface area contributed by atoms with Gasteiger partial charge in [0.1, 0.15) is 0 Å². The van der Waals surface area contributed by atoms with Crippen molar-refractivity contribution in [1.82, 2.24) is 9.88 Å². The molecule has 2 fully saturated rings. The molecule has 4 nitrogen and oxygen atoms in total. The lowest BCUT2D eigenvalue weighted by molar-refractivity contribution is -0.185. The maximum absolute atomic E-state index is 5.96. The van der Waals surface area contributed by atoms with Crippen molar-refractivity contribution in [3.63, 3.8) is 0 Å². The molecule has 0 N–H and O–H groups in total. The third kappa shape index (κ3) is 2.67. The predicted octanol–water partition coefficient (Wildman–Crippen LogP) is 2.07. The molecule has 0 atom stereocenters. The maximum Gasteiger partial charge on any atom is 0.170 e. The van der Waals surface area contributed by atoms with Gasteiger partial charge in [0.05, 0.1) is 18.9 Å². The molecule has 0 bridgehead atoms. The Kier molecular flexibility index (Phi) is 3.52. The maximum atomic E-state index is 5.96. The Morgan fingerprint density at radius 1 is 1.28 bits per heavy atom. The van der Waals surface area contributed by atoms with E-state index in [0.29, 0.717) is 0 Å². The van der Waals surface area contributed by atoms with E-state index in [-0.39, 0.29) is 5.79 Å². The third-order valence-corrected chi connectivity index (χ3v) is 3.83. The summed E-state index contributed by atoms with van der Waals surface area (Å²) in [6, 6.07) is 3.73. The summed E-state index contributed by atoms with van der Waals surface area (Å²) in [6.45, 7) is 4.27. The van der Waals surface area contributed by atoms with Gasteiger partial charge in [-0.1, -0.05) is 11.6 Å². The van der Waals surface area contributed by atoms with Gasteiger partial charge in [-0.25, -0.2) is 0 Å². The minimum Gasteiger partial charge on any atom is -0.347 e. The van der Waals surface area contributed by atoms with Crippen molar-refractivity contribution in [2.24, 2.45) is 0 Å². The zero-order valence-electron chi connectivity index (χ0n) is 10.3. The van der Waals surface area contributed by atoms with Crippen molar-refractivity contribution in [1.29, 1.82) is 0 Å². The van der Waals surface area contributed by atoms with Gasteiger partial charge >= 0.3 is 0 Å². The van der Waals surface area contributed by atoms with Gasteiger partial charge in [0.15, 0.2) is 5.79 Å². The second-order valence-corrected chi connectivity index (χ2v) is 5.29. The SMILES string of the molecule is Clc1ccnc(CN2CCC3(CC2)OCCO3)c1. The quantitative estimate of drug-likeness (QED) is 0.823. The molecule has 2 saturated heterocycles. The van der Waals surface area contributed by atoms with Crippen LogP contribution in [0.3, 0.4) is 0 Å². The van der Waals surface area contributed by atoms with E-state index in [1.54, 1.807) is 12.3 Å². The molecule has 98 valence electrons. The van der Waals surface area contributed by atoms with Crippen LogP contribution in [0.4, 0.5) is 0 Å². The summed E-state index contributed by atoms with van der Waals surface area (Å²) < 4.78 is 11.4. The molecule has 5 heteroatoms. The molecule has 0 saturated carbocycles. The fraction of sp³-hybridized carbons (Fsp3) is 0.615. The van der Waals surface area contributed by atoms with Crippen LogP contribution in [0.25, 0.3) is 0 Å². The van der Waals surface area contributed by atoms with Gasteiger partial charge in [0, 0.05) is 43.7 Å². The average Bonchev–Trinajstić information content (AvgIpc) is 2.81. The fourth-order valence-electron chi connectivity index (χ4n) is 2.60. The normalized spacial score (nSPS) is 23.6. The van der Waals surface area contributed by atoms with Crippen LogP contribution in [0.5, 0.6) is 0 Å². The van der Waals surface area contributed by atoms with Crippen molar-refractivity contribution < 1.29 is 9.47 Å². The summed E-state index contributed by atoms with van der Waals surface area (Å²) in [5.41, 5.74) is 1.02. The van der Waals surface area contributed by atoms with E-state index in [1.165, 1.54) is 0 Å². The minimum atomic E-state index is -0.293. The number of hydrogen-bond acceptors (Lipinski definition) is 4. The Balaban J connectivity index is 1.57. The largest absolute Gasteiger partial charge is 0.347 e. The van der Waals surface area contributed by atoms with Crippen LogP contribution in [0.15, 0.2) is 18.3 Å². The Bertz CT molecular complexity index is 411. The van der Waals surface area contributed by atoms with Crippen molar-refractivity contribution in [2.75, 3.05) is 26.3 Å². The second kappa shape index (κ2) is 5.13. The molecule has 0 aliphatic carbocycles. The van der Waals surface area contributed by atoms with E-state index < -0.39 is 0 Å². The molecule has 0 unspecified atom stereocenters. The smallest absolute Gasteiger partial charge is 0.170 e. The lowest BCUT2D eigenvalue weighted by atomic mass is 10.0. The average molecular weight is 269 g/mol.